The number of morpholine rings is 1. The summed E-state index contributed by atoms with van der Waals surface area (Å²) in [6, 6.07) is 19.6. The number of hydrogen-bond donors (Lipinski definition) is 1. The molecule has 1 N–H and O–H groups in total. The van der Waals surface area contributed by atoms with Gasteiger partial charge in [-0.1, -0.05) is 35.5 Å². The highest BCUT2D eigenvalue weighted by Gasteiger charge is 2.34. The third kappa shape index (κ3) is 6.12. The van der Waals surface area contributed by atoms with Gasteiger partial charge in [-0.3, -0.25) is 14.5 Å². The molecule has 218 valence electrons. The van der Waals surface area contributed by atoms with E-state index in [9.17, 15) is 14.0 Å². The van der Waals surface area contributed by atoms with Gasteiger partial charge in [0, 0.05) is 37.6 Å². The number of rotatable bonds is 9. The molecule has 2 atom stereocenters. The molecule has 3 heterocycles. The molecular weight excluding hydrogens is 539 g/mol. The fourth-order valence-corrected chi connectivity index (χ4v) is 5.52. The van der Waals surface area contributed by atoms with Gasteiger partial charge in [-0.15, -0.1) is 5.10 Å². The van der Waals surface area contributed by atoms with E-state index in [4.69, 9.17) is 9.47 Å². The SMILES string of the molecule is O=C(NC[C@@H]1CCCO1)[C@H](c1ccc(N2CCOCC2)cc1)N(C(=O)Cn1nnc2ccccc21)c1cccc(F)c1. The number of amides is 2. The molecule has 4 aromatic rings. The van der Waals surface area contributed by atoms with Crippen LogP contribution in [-0.4, -0.2) is 72.4 Å². The average molecular weight is 573 g/mol. The van der Waals surface area contributed by atoms with E-state index in [2.05, 4.69) is 20.5 Å². The van der Waals surface area contributed by atoms with Gasteiger partial charge in [-0.05, 0) is 60.9 Å². The molecule has 42 heavy (non-hydrogen) atoms. The second kappa shape index (κ2) is 12.7. The van der Waals surface area contributed by atoms with E-state index in [0.29, 0.717) is 43.0 Å². The molecule has 2 aliphatic heterocycles. The summed E-state index contributed by atoms with van der Waals surface area (Å²) in [5.41, 5.74) is 3.18. The minimum absolute atomic E-state index is 0.0851. The Morgan fingerprint density at radius 2 is 1.83 bits per heavy atom. The molecule has 0 unspecified atom stereocenters. The highest BCUT2D eigenvalue weighted by molar-refractivity contribution is 6.01. The van der Waals surface area contributed by atoms with Crippen LogP contribution in [0.25, 0.3) is 11.0 Å². The van der Waals surface area contributed by atoms with Crippen molar-refractivity contribution in [3.63, 3.8) is 0 Å². The molecule has 6 rings (SSSR count). The topological polar surface area (TPSA) is 102 Å². The summed E-state index contributed by atoms with van der Waals surface area (Å²) in [7, 11) is 0. The first kappa shape index (κ1) is 27.8. The molecule has 0 aliphatic carbocycles. The number of aromatic nitrogens is 3. The van der Waals surface area contributed by atoms with Gasteiger partial charge in [0.15, 0.2) is 0 Å². The lowest BCUT2D eigenvalue weighted by Gasteiger charge is -2.33. The largest absolute Gasteiger partial charge is 0.378 e. The number of carbonyl (C=O) groups is 2. The lowest BCUT2D eigenvalue weighted by atomic mass is 10.0. The zero-order valence-corrected chi connectivity index (χ0v) is 23.2. The molecule has 1 aromatic heterocycles. The van der Waals surface area contributed by atoms with Crippen molar-refractivity contribution >= 4 is 34.2 Å². The summed E-state index contributed by atoms with van der Waals surface area (Å²) < 4.78 is 27.2. The Balaban J connectivity index is 1.37. The Hall–Kier alpha value is -4.35. The van der Waals surface area contributed by atoms with E-state index in [1.165, 1.54) is 27.8 Å². The number of benzene rings is 3. The summed E-state index contributed by atoms with van der Waals surface area (Å²) in [6.45, 7) is 3.61. The van der Waals surface area contributed by atoms with Crippen molar-refractivity contribution in [1.82, 2.24) is 20.3 Å². The minimum atomic E-state index is -1.07. The van der Waals surface area contributed by atoms with Gasteiger partial charge < -0.3 is 19.7 Å². The van der Waals surface area contributed by atoms with Crippen molar-refractivity contribution in [2.45, 2.75) is 31.5 Å². The summed E-state index contributed by atoms with van der Waals surface area (Å²) in [5.74, 6) is -1.34. The van der Waals surface area contributed by atoms with Gasteiger partial charge in [0.1, 0.15) is 23.9 Å². The van der Waals surface area contributed by atoms with Crippen molar-refractivity contribution in [3.05, 3.63) is 84.2 Å². The number of nitrogens with one attached hydrogen (secondary N) is 1. The minimum Gasteiger partial charge on any atom is -0.378 e. The highest BCUT2D eigenvalue weighted by Crippen LogP contribution is 2.31. The van der Waals surface area contributed by atoms with Crippen LogP contribution in [0.15, 0.2) is 72.8 Å². The van der Waals surface area contributed by atoms with Crippen LogP contribution in [0.1, 0.15) is 24.4 Å². The average Bonchev–Trinajstić information content (AvgIpc) is 3.69. The van der Waals surface area contributed by atoms with Gasteiger partial charge in [-0.2, -0.15) is 0 Å². The third-order valence-electron chi connectivity index (χ3n) is 7.68. The molecule has 2 fully saturated rings. The van der Waals surface area contributed by atoms with Gasteiger partial charge in [0.2, 0.25) is 11.8 Å². The molecule has 3 aromatic carbocycles. The summed E-state index contributed by atoms with van der Waals surface area (Å²) in [6.07, 6.45) is 1.70. The fraction of sp³-hybridized carbons (Fsp3) is 0.355. The Kier molecular flexibility index (Phi) is 8.38. The number of fused-ring (bicyclic) bond motifs is 1. The molecule has 0 radical (unpaired) electrons. The van der Waals surface area contributed by atoms with Crippen LogP contribution in [-0.2, 0) is 25.6 Å². The van der Waals surface area contributed by atoms with Gasteiger partial charge in [0.05, 0.1) is 24.8 Å². The van der Waals surface area contributed by atoms with E-state index in [0.717, 1.165) is 31.6 Å². The monoisotopic (exact) mass is 572 g/mol. The summed E-state index contributed by atoms with van der Waals surface area (Å²) in [5, 5.41) is 11.3. The van der Waals surface area contributed by atoms with Crippen LogP contribution in [0.3, 0.4) is 0 Å². The second-order valence-corrected chi connectivity index (χ2v) is 10.5. The molecule has 0 bridgehead atoms. The van der Waals surface area contributed by atoms with Crippen LogP contribution < -0.4 is 15.1 Å². The van der Waals surface area contributed by atoms with Crippen molar-refractivity contribution in [2.75, 3.05) is 49.3 Å². The number of hydrogen-bond acceptors (Lipinski definition) is 7. The molecule has 2 saturated heterocycles. The Morgan fingerprint density at radius 1 is 1.02 bits per heavy atom. The van der Waals surface area contributed by atoms with Crippen molar-refractivity contribution in [3.8, 4) is 0 Å². The van der Waals surface area contributed by atoms with Crippen molar-refractivity contribution < 1.29 is 23.5 Å². The first-order chi connectivity index (χ1) is 20.6. The zero-order chi connectivity index (χ0) is 28.9. The lowest BCUT2D eigenvalue weighted by molar-refractivity contribution is -0.127. The van der Waals surface area contributed by atoms with Crippen LogP contribution in [0.2, 0.25) is 0 Å². The standard InChI is InChI=1S/C31H33FN6O4/c32-23-5-3-6-25(19-23)38(29(39)21-37-28-9-2-1-8-27(28)34-35-37)30(31(40)33-20-26-7-4-16-42-26)22-10-12-24(13-11-22)36-14-17-41-18-15-36/h1-3,5-6,8-13,19,26,30H,4,7,14-18,20-21H2,(H,33,40)/t26-,30-/m0/s1. The summed E-state index contributed by atoms with van der Waals surface area (Å²) >= 11 is 0. The van der Waals surface area contributed by atoms with Crippen LogP contribution in [0.5, 0.6) is 0 Å². The molecule has 0 spiro atoms. The molecule has 2 amide bonds. The highest BCUT2D eigenvalue weighted by atomic mass is 19.1. The van der Waals surface area contributed by atoms with E-state index in [1.807, 2.05) is 48.5 Å². The zero-order valence-electron chi connectivity index (χ0n) is 23.2. The molecule has 0 saturated carbocycles. The number of halogens is 1. The lowest BCUT2D eigenvalue weighted by Crippen LogP contribution is -2.46. The first-order valence-electron chi connectivity index (χ1n) is 14.2. The fourth-order valence-electron chi connectivity index (χ4n) is 5.52. The van der Waals surface area contributed by atoms with Crippen molar-refractivity contribution in [2.24, 2.45) is 0 Å². The number of carbonyl (C=O) groups excluding carboxylic acids is 2. The normalized spacial score (nSPS) is 17.7. The quantitative estimate of drug-likeness (QED) is 0.328. The summed E-state index contributed by atoms with van der Waals surface area (Å²) in [4.78, 5) is 31.7. The molecule has 2 aliphatic rings. The van der Waals surface area contributed by atoms with E-state index in [1.54, 1.807) is 6.07 Å². The van der Waals surface area contributed by atoms with Gasteiger partial charge in [-0.25, -0.2) is 9.07 Å². The Morgan fingerprint density at radius 3 is 2.60 bits per heavy atom. The smallest absolute Gasteiger partial charge is 0.249 e. The van der Waals surface area contributed by atoms with Gasteiger partial charge >= 0.3 is 0 Å². The maximum absolute atomic E-state index is 14.6. The molecule has 11 heteroatoms. The van der Waals surface area contributed by atoms with Crippen molar-refractivity contribution in [1.29, 1.82) is 0 Å². The van der Waals surface area contributed by atoms with Crippen LogP contribution >= 0.6 is 0 Å². The maximum atomic E-state index is 14.6. The molecular formula is C31H33FN6O4. The second-order valence-electron chi connectivity index (χ2n) is 10.5. The van der Waals surface area contributed by atoms with Gasteiger partial charge in [0.25, 0.3) is 0 Å². The predicted octanol–water partition coefficient (Wildman–Crippen LogP) is 3.48. The Labute approximate surface area is 243 Å². The molecule has 10 nitrogen and oxygen atoms in total. The number of ether oxygens (including phenoxy) is 2. The number of para-hydroxylation sites is 1. The third-order valence-corrected chi connectivity index (χ3v) is 7.68. The van der Waals surface area contributed by atoms with E-state index >= 15 is 0 Å². The van der Waals surface area contributed by atoms with E-state index in [-0.39, 0.29) is 24.2 Å². The maximum Gasteiger partial charge on any atom is 0.249 e. The predicted molar refractivity (Wildman–Crippen MR) is 156 cm³/mol. The van der Waals surface area contributed by atoms with E-state index < -0.39 is 17.8 Å². The number of anilines is 2. The first-order valence-corrected chi connectivity index (χ1v) is 14.2. The van der Waals surface area contributed by atoms with Crippen LogP contribution in [0, 0.1) is 5.82 Å². The van der Waals surface area contributed by atoms with Crippen LogP contribution in [0.4, 0.5) is 15.8 Å². The Bertz CT molecular complexity index is 1530. The number of nitrogens with zero attached hydrogens (tertiary/aromatic N) is 5.